The lowest BCUT2D eigenvalue weighted by atomic mass is 9.88. The molecule has 0 saturated heterocycles. The van der Waals surface area contributed by atoms with Crippen molar-refractivity contribution in [2.45, 2.75) is 71.8 Å². The maximum atomic E-state index is 13.5. The zero-order valence-corrected chi connectivity index (χ0v) is 23.0. The van der Waals surface area contributed by atoms with Crippen molar-refractivity contribution in [2.24, 2.45) is 39.9 Å². The van der Waals surface area contributed by atoms with Crippen LogP contribution in [-0.2, 0) is 25.6 Å². The van der Waals surface area contributed by atoms with E-state index >= 15 is 0 Å². The van der Waals surface area contributed by atoms with Crippen LogP contribution in [-0.4, -0.2) is 52.0 Å². The summed E-state index contributed by atoms with van der Waals surface area (Å²) in [4.78, 5) is 58.3. The molecule has 1 heterocycles. The molecule has 0 unspecified atom stereocenters. The van der Waals surface area contributed by atoms with E-state index in [1.807, 2.05) is 13.8 Å². The molecule has 0 spiro atoms. The second-order valence-electron chi connectivity index (χ2n) is 10.5. The number of nitrogens with two attached hydrogens (primary N) is 3. The number of nitrogens with zero attached hydrogens (tertiary/aromatic N) is 1. The highest BCUT2D eigenvalue weighted by atomic mass is 16.3. The van der Waals surface area contributed by atoms with Gasteiger partial charge in [-0.05, 0) is 55.4 Å². The number of rotatable bonds is 17. The van der Waals surface area contributed by atoms with Gasteiger partial charge in [-0.2, -0.15) is 0 Å². The Labute approximate surface area is 229 Å². The highest BCUT2D eigenvalue weighted by Gasteiger charge is 2.30. The highest BCUT2D eigenvalue weighted by Crippen LogP contribution is 2.26. The molecule has 1 aromatic carbocycles. The number of phenols is 1. The van der Waals surface area contributed by atoms with Gasteiger partial charge in [-0.15, -0.1) is 0 Å². The summed E-state index contributed by atoms with van der Waals surface area (Å²) in [6, 6.07) is 4.00. The minimum absolute atomic E-state index is 0.00000630. The second-order valence-corrected chi connectivity index (χ2v) is 10.5. The van der Waals surface area contributed by atoms with E-state index in [-0.39, 0.29) is 67.8 Å². The minimum atomic E-state index is -0.896. The summed E-state index contributed by atoms with van der Waals surface area (Å²) in [7, 11) is 0. The molecule has 2 amide bonds. The molecule has 0 aliphatic carbocycles. The van der Waals surface area contributed by atoms with Crippen LogP contribution in [0.2, 0.25) is 0 Å². The van der Waals surface area contributed by atoms with Crippen LogP contribution in [0.1, 0.15) is 64.9 Å². The summed E-state index contributed by atoms with van der Waals surface area (Å²) in [5.41, 5.74) is 17.9. The quantitative estimate of drug-likeness (QED) is 0.0995. The topological polar surface area (TPSA) is 207 Å². The number of fused-ring (bicyclic) bond motifs is 1. The van der Waals surface area contributed by atoms with Crippen LogP contribution < -0.4 is 22.5 Å². The van der Waals surface area contributed by atoms with E-state index in [0.717, 1.165) is 16.5 Å². The average molecular weight is 543 g/mol. The number of carbonyl (C=O) groups excluding carboxylic acids is 4. The van der Waals surface area contributed by atoms with Gasteiger partial charge in [-0.25, -0.2) is 0 Å². The number of Topliss-reactive ketones (excluding diaryl/α,β-unsaturated/α-hetero) is 2. The Balaban J connectivity index is 2.28. The fourth-order valence-corrected chi connectivity index (χ4v) is 4.64. The predicted octanol–water partition coefficient (Wildman–Crippen LogP) is 2.05. The normalized spacial score (nSPS) is 13.5. The Hall–Kier alpha value is -3.89. The average Bonchev–Trinajstić information content (AvgIpc) is 3.25. The maximum absolute atomic E-state index is 13.5. The number of aromatic hydroxyl groups is 1. The molecule has 39 heavy (non-hydrogen) atoms. The third kappa shape index (κ3) is 10.1. The predicted molar refractivity (Wildman–Crippen MR) is 151 cm³/mol. The molecule has 11 nitrogen and oxygen atoms in total. The molecular weight excluding hydrogens is 500 g/mol. The molecule has 3 atom stereocenters. The molecular formula is C28H42N6O5. The Morgan fingerprint density at radius 2 is 1.79 bits per heavy atom. The van der Waals surface area contributed by atoms with E-state index in [2.05, 4.69) is 15.3 Å². The number of primary amides is 1. The number of hydrogen-bond acceptors (Lipinski definition) is 6. The number of phenolic OH excluding ortho intramolecular Hbond substituents is 1. The number of aliphatic imine (C=N–C) groups is 1. The fourth-order valence-electron chi connectivity index (χ4n) is 4.64. The first-order chi connectivity index (χ1) is 18.4. The standard InChI is InChI=1S/C28H42N6O5/c1-4-20(35)12-18(11-19-15-33-23-8-7-21(36)14-22(19)23)27(39)34-24(6-5-9-32-28(30)31)25(37)13-17(26(29)38)10-16(2)3/h7-8,14-18,24,33,36H,4-6,9-13H2,1-3H3,(H2,29,38)(H,34,39)(H4,30,31,32)/t17-,18+,24+/m1/s1. The molecule has 2 rings (SSSR count). The number of amides is 2. The number of ketones is 2. The number of benzene rings is 1. The van der Waals surface area contributed by atoms with Crippen molar-refractivity contribution in [2.75, 3.05) is 6.54 Å². The summed E-state index contributed by atoms with van der Waals surface area (Å²) < 4.78 is 0. The van der Waals surface area contributed by atoms with Crippen LogP contribution in [0, 0.1) is 17.8 Å². The third-order valence-electron chi connectivity index (χ3n) is 6.71. The molecule has 214 valence electrons. The van der Waals surface area contributed by atoms with Crippen molar-refractivity contribution in [1.82, 2.24) is 10.3 Å². The summed E-state index contributed by atoms with van der Waals surface area (Å²) in [5.74, 6) is -2.61. The third-order valence-corrected chi connectivity index (χ3v) is 6.71. The molecule has 0 aliphatic heterocycles. The Kier molecular flexibility index (Phi) is 12.0. The van der Waals surface area contributed by atoms with Gasteiger partial charge < -0.3 is 32.6 Å². The monoisotopic (exact) mass is 542 g/mol. The molecule has 0 aliphatic rings. The minimum Gasteiger partial charge on any atom is -0.508 e. The zero-order valence-electron chi connectivity index (χ0n) is 23.0. The van der Waals surface area contributed by atoms with Gasteiger partial charge in [-0.1, -0.05) is 20.8 Å². The van der Waals surface area contributed by atoms with Crippen molar-refractivity contribution in [3.63, 3.8) is 0 Å². The molecule has 11 heteroatoms. The molecule has 0 radical (unpaired) electrons. The summed E-state index contributed by atoms with van der Waals surface area (Å²) in [6.45, 7) is 5.88. The van der Waals surface area contributed by atoms with Gasteiger partial charge in [0.15, 0.2) is 11.7 Å². The molecule has 1 aromatic heterocycles. The van der Waals surface area contributed by atoms with E-state index in [9.17, 15) is 24.3 Å². The highest BCUT2D eigenvalue weighted by molar-refractivity contribution is 5.94. The Morgan fingerprint density at radius 3 is 2.41 bits per heavy atom. The Bertz CT molecular complexity index is 1180. The lowest BCUT2D eigenvalue weighted by Gasteiger charge is -2.23. The van der Waals surface area contributed by atoms with Crippen LogP contribution in [0.3, 0.4) is 0 Å². The summed E-state index contributed by atoms with van der Waals surface area (Å²) in [5, 5.41) is 13.5. The smallest absolute Gasteiger partial charge is 0.224 e. The lowest BCUT2D eigenvalue weighted by Crippen LogP contribution is -2.45. The lowest BCUT2D eigenvalue weighted by molar-refractivity contribution is -0.133. The van der Waals surface area contributed by atoms with Gasteiger partial charge in [-0.3, -0.25) is 24.2 Å². The summed E-state index contributed by atoms with van der Waals surface area (Å²) >= 11 is 0. The number of aromatic nitrogens is 1. The number of aromatic amines is 1. The molecule has 2 aromatic rings. The number of H-pyrrole nitrogens is 1. The van der Waals surface area contributed by atoms with Gasteiger partial charge >= 0.3 is 0 Å². The second kappa shape index (κ2) is 14.9. The first kappa shape index (κ1) is 31.3. The van der Waals surface area contributed by atoms with Gasteiger partial charge in [0.2, 0.25) is 11.8 Å². The van der Waals surface area contributed by atoms with Gasteiger partial charge in [0.25, 0.3) is 0 Å². The van der Waals surface area contributed by atoms with Gasteiger partial charge in [0, 0.05) is 54.7 Å². The fraction of sp³-hybridized carbons (Fsp3) is 0.536. The first-order valence-electron chi connectivity index (χ1n) is 13.4. The van der Waals surface area contributed by atoms with E-state index < -0.39 is 29.7 Å². The first-order valence-corrected chi connectivity index (χ1v) is 13.4. The largest absolute Gasteiger partial charge is 0.508 e. The van der Waals surface area contributed by atoms with Crippen molar-refractivity contribution in [3.05, 3.63) is 30.0 Å². The van der Waals surface area contributed by atoms with Crippen LogP contribution in [0.15, 0.2) is 29.4 Å². The van der Waals surface area contributed by atoms with Crippen molar-refractivity contribution >= 4 is 40.2 Å². The molecule has 9 N–H and O–H groups in total. The van der Waals surface area contributed by atoms with Crippen LogP contribution in [0.5, 0.6) is 5.75 Å². The Morgan fingerprint density at radius 1 is 1.08 bits per heavy atom. The van der Waals surface area contributed by atoms with E-state index in [1.54, 1.807) is 31.3 Å². The van der Waals surface area contributed by atoms with E-state index in [1.165, 1.54) is 0 Å². The summed E-state index contributed by atoms with van der Waals surface area (Å²) in [6.07, 6.45) is 3.28. The van der Waals surface area contributed by atoms with Gasteiger partial charge in [0.05, 0.1) is 6.04 Å². The van der Waals surface area contributed by atoms with Crippen LogP contribution >= 0.6 is 0 Å². The zero-order chi connectivity index (χ0) is 29.1. The van der Waals surface area contributed by atoms with Gasteiger partial charge in [0.1, 0.15) is 11.5 Å². The molecule has 0 bridgehead atoms. The number of guanidine groups is 1. The van der Waals surface area contributed by atoms with Crippen molar-refractivity contribution < 1.29 is 24.3 Å². The van der Waals surface area contributed by atoms with Crippen molar-refractivity contribution in [1.29, 1.82) is 0 Å². The van der Waals surface area contributed by atoms with E-state index in [0.29, 0.717) is 12.8 Å². The van der Waals surface area contributed by atoms with E-state index in [4.69, 9.17) is 17.2 Å². The number of nitrogens with one attached hydrogen (secondary N) is 2. The number of carbonyl (C=O) groups is 4. The number of hydrogen-bond donors (Lipinski definition) is 6. The van der Waals surface area contributed by atoms with Crippen LogP contribution in [0.25, 0.3) is 10.9 Å². The molecule has 0 fully saturated rings. The van der Waals surface area contributed by atoms with Crippen molar-refractivity contribution in [3.8, 4) is 5.75 Å². The SMILES string of the molecule is CCC(=O)C[C@H](Cc1c[nH]c2ccc(O)cc12)C(=O)N[C@@H](CCCN=C(N)N)C(=O)C[C@@H](CC(C)C)C(N)=O. The maximum Gasteiger partial charge on any atom is 0.224 e. The molecule has 0 saturated carbocycles. The van der Waals surface area contributed by atoms with Crippen LogP contribution in [0.4, 0.5) is 0 Å².